The largest absolute Gasteiger partial charge is 0.492 e. The Morgan fingerprint density at radius 3 is 2.72 bits per heavy atom. The first kappa shape index (κ1) is 14.8. The van der Waals surface area contributed by atoms with Gasteiger partial charge in [0.15, 0.2) is 5.11 Å². The topological polar surface area (TPSA) is 33.3 Å². The summed E-state index contributed by atoms with van der Waals surface area (Å²) in [5.41, 5.74) is 0.904. The monoisotopic (exact) mass is 266 g/mol. The molecule has 0 saturated heterocycles. The van der Waals surface area contributed by atoms with Crippen molar-refractivity contribution in [1.29, 1.82) is 0 Å². The van der Waals surface area contributed by atoms with Crippen molar-refractivity contribution in [1.82, 2.24) is 5.32 Å². The SMILES string of the molecule is CCOc1ccccc1NC(=S)NCCC(C)C. The van der Waals surface area contributed by atoms with Crippen LogP contribution in [0.15, 0.2) is 24.3 Å². The van der Waals surface area contributed by atoms with Crippen LogP contribution in [0.2, 0.25) is 0 Å². The standard InChI is InChI=1S/C14H22N2OS/c1-4-17-13-8-6-5-7-12(13)16-14(18)15-10-9-11(2)3/h5-8,11H,4,9-10H2,1-3H3,(H2,15,16,18). The average Bonchev–Trinajstić information content (AvgIpc) is 2.31. The van der Waals surface area contributed by atoms with Gasteiger partial charge in [0.05, 0.1) is 12.3 Å². The maximum atomic E-state index is 5.53. The molecule has 0 unspecified atom stereocenters. The number of ether oxygens (including phenoxy) is 1. The highest BCUT2D eigenvalue weighted by Gasteiger charge is 2.04. The lowest BCUT2D eigenvalue weighted by Crippen LogP contribution is -2.30. The number of hydrogen-bond acceptors (Lipinski definition) is 2. The van der Waals surface area contributed by atoms with E-state index in [2.05, 4.69) is 24.5 Å². The zero-order chi connectivity index (χ0) is 13.4. The Morgan fingerprint density at radius 2 is 2.06 bits per heavy atom. The van der Waals surface area contributed by atoms with Crippen LogP contribution < -0.4 is 15.4 Å². The van der Waals surface area contributed by atoms with Crippen LogP contribution in [0.25, 0.3) is 0 Å². The highest BCUT2D eigenvalue weighted by Crippen LogP contribution is 2.23. The number of rotatable bonds is 6. The Balaban J connectivity index is 2.48. The first-order valence-corrected chi connectivity index (χ1v) is 6.81. The molecular weight excluding hydrogens is 244 g/mol. The second-order valence-electron chi connectivity index (χ2n) is 4.49. The quantitative estimate of drug-likeness (QED) is 0.773. The van der Waals surface area contributed by atoms with Crippen molar-refractivity contribution < 1.29 is 4.74 Å². The van der Waals surface area contributed by atoms with Gasteiger partial charge in [0.1, 0.15) is 5.75 Å². The van der Waals surface area contributed by atoms with Crippen LogP contribution >= 0.6 is 12.2 Å². The molecule has 1 aromatic carbocycles. The second kappa shape index (κ2) is 7.93. The van der Waals surface area contributed by atoms with Gasteiger partial charge >= 0.3 is 0 Å². The second-order valence-corrected chi connectivity index (χ2v) is 4.90. The van der Waals surface area contributed by atoms with Gasteiger partial charge in [-0.1, -0.05) is 26.0 Å². The van der Waals surface area contributed by atoms with Crippen molar-refractivity contribution in [2.45, 2.75) is 27.2 Å². The van der Waals surface area contributed by atoms with Crippen molar-refractivity contribution in [2.75, 3.05) is 18.5 Å². The maximum absolute atomic E-state index is 5.53. The van der Waals surface area contributed by atoms with E-state index in [0.29, 0.717) is 17.6 Å². The highest BCUT2D eigenvalue weighted by atomic mass is 32.1. The van der Waals surface area contributed by atoms with Crippen LogP contribution in [0.1, 0.15) is 27.2 Å². The summed E-state index contributed by atoms with van der Waals surface area (Å²) in [7, 11) is 0. The normalized spacial score (nSPS) is 10.2. The molecule has 3 nitrogen and oxygen atoms in total. The summed E-state index contributed by atoms with van der Waals surface area (Å²) < 4.78 is 5.53. The van der Waals surface area contributed by atoms with Gasteiger partial charge in [-0.3, -0.25) is 0 Å². The third kappa shape index (κ3) is 5.36. The molecule has 18 heavy (non-hydrogen) atoms. The van der Waals surface area contributed by atoms with Gasteiger partial charge in [-0.15, -0.1) is 0 Å². The molecule has 0 aliphatic rings. The first-order chi connectivity index (χ1) is 8.63. The van der Waals surface area contributed by atoms with Crippen molar-refractivity contribution in [3.8, 4) is 5.75 Å². The van der Waals surface area contributed by atoms with E-state index in [1.807, 2.05) is 31.2 Å². The van der Waals surface area contributed by atoms with Gasteiger partial charge in [0.25, 0.3) is 0 Å². The Kier molecular flexibility index (Phi) is 6.50. The summed E-state index contributed by atoms with van der Waals surface area (Å²) in [6, 6.07) is 7.80. The number of anilines is 1. The van der Waals surface area contributed by atoms with Crippen LogP contribution in [0.3, 0.4) is 0 Å². The lowest BCUT2D eigenvalue weighted by molar-refractivity contribution is 0.342. The van der Waals surface area contributed by atoms with Gasteiger partial charge in [-0.05, 0) is 43.6 Å². The van der Waals surface area contributed by atoms with Gasteiger partial charge in [-0.25, -0.2) is 0 Å². The van der Waals surface area contributed by atoms with E-state index in [-0.39, 0.29) is 0 Å². The molecule has 0 heterocycles. The predicted octanol–water partition coefficient (Wildman–Crippen LogP) is 3.42. The molecule has 1 rings (SSSR count). The molecule has 0 amide bonds. The lowest BCUT2D eigenvalue weighted by Gasteiger charge is -2.14. The fourth-order valence-corrected chi connectivity index (χ4v) is 1.70. The molecule has 100 valence electrons. The summed E-state index contributed by atoms with van der Waals surface area (Å²) in [6.07, 6.45) is 1.11. The van der Waals surface area contributed by atoms with E-state index in [4.69, 9.17) is 17.0 Å². The molecule has 0 aliphatic carbocycles. The molecule has 0 aromatic heterocycles. The van der Waals surface area contributed by atoms with Gasteiger partial charge in [0.2, 0.25) is 0 Å². The minimum absolute atomic E-state index is 0.641. The predicted molar refractivity (Wildman–Crippen MR) is 81.3 cm³/mol. The lowest BCUT2D eigenvalue weighted by atomic mass is 10.1. The number of nitrogens with one attached hydrogen (secondary N) is 2. The van der Waals surface area contributed by atoms with Crippen molar-refractivity contribution in [3.05, 3.63) is 24.3 Å². The molecule has 0 radical (unpaired) electrons. The Labute approximate surface area is 115 Å². The fourth-order valence-electron chi connectivity index (χ4n) is 1.49. The zero-order valence-electron chi connectivity index (χ0n) is 11.3. The van der Waals surface area contributed by atoms with E-state index in [9.17, 15) is 0 Å². The summed E-state index contributed by atoms with van der Waals surface area (Å²) in [6.45, 7) is 7.90. The third-order valence-electron chi connectivity index (χ3n) is 2.44. The first-order valence-electron chi connectivity index (χ1n) is 6.40. The van der Waals surface area contributed by atoms with Crippen molar-refractivity contribution >= 4 is 23.0 Å². The average molecular weight is 266 g/mol. The molecule has 0 fully saturated rings. The molecule has 0 aliphatic heterocycles. The molecule has 4 heteroatoms. The van der Waals surface area contributed by atoms with E-state index >= 15 is 0 Å². The third-order valence-corrected chi connectivity index (χ3v) is 2.69. The number of para-hydroxylation sites is 2. The van der Waals surface area contributed by atoms with Gasteiger partial charge in [-0.2, -0.15) is 0 Å². The van der Waals surface area contributed by atoms with E-state index in [0.717, 1.165) is 24.4 Å². The van der Waals surface area contributed by atoms with E-state index in [1.54, 1.807) is 0 Å². The van der Waals surface area contributed by atoms with Gasteiger partial charge in [0, 0.05) is 6.54 Å². The molecule has 1 aromatic rings. The van der Waals surface area contributed by atoms with Crippen LogP contribution in [-0.2, 0) is 0 Å². The van der Waals surface area contributed by atoms with Crippen molar-refractivity contribution in [3.63, 3.8) is 0 Å². The molecule has 0 spiro atoms. The number of hydrogen-bond donors (Lipinski definition) is 2. The van der Waals surface area contributed by atoms with Crippen LogP contribution in [0, 0.1) is 5.92 Å². The van der Waals surface area contributed by atoms with E-state index < -0.39 is 0 Å². The Morgan fingerprint density at radius 1 is 1.33 bits per heavy atom. The summed E-state index contributed by atoms with van der Waals surface area (Å²) in [4.78, 5) is 0. The Bertz CT molecular complexity index is 380. The molecule has 0 atom stereocenters. The van der Waals surface area contributed by atoms with Gasteiger partial charge < -0.3 is 15.4 Å². The zero-order valence-corrected chi connectivity index (χ0v) is 12.1. The molecule has 2 N–H and O–H groups in total. The van der Waals surface area contributed by atoms with Crippen LogP contribution in [0.4, 0.5) is 5.69 Å². The number of thiocarbonyl (C=S) groups is 1. The van der Waals surface area contributed by atoms with E-state index in [1.165, 1.54) is 0 Å². The molecule has 0 saturated carbocycles. The summed E-state index contributed by atoms with van der Waals surface area (Å²) >= 11 is 5.25. The minimum atomic E-state index is 0.641. The molecular formula is C14H22N2OS. The molecule has 0 bridgehead atoms. The Hall–Kier alpha value is -1.29. The van der Waals surface area contributed by atoms with Crippen LogP contribution in [0.5, 0.6) is 5.75 Å². The minimum Gasteiger partial charge on any atom is -0.492 e. The summed E-state index contributed by atoms with van der Waals surface area (Å²) in [5.74, 6) is 1.50. The highest BCUT2D eigenvalue weighted by molar-refractivity contribution is 7.80. The maximum Gasteiger partial charge on any atom is 0.170 e. The fraction of sp³-hybridized carbons (Fsp3) is 0.500. The smallest absolute Gasteiger partial charge is 0.170 e. The number of benzene rings is 1. The van der Waals surface area contributed by atoms with Crippen LogP contribution in [-0.4, -0.2) is 18.3 Å². The summed E-state index contributed by atoms with van der Waals surface area (Å²) in [5, 5.41) is 7.00. The van der Waals surface area contributed by atoms with Crippen molar-refractivity contribution in [2.24, 2.45) is 5.92 Å².